The largest absolute Gasteiger partial charge is 0.329 e. The lowest BCUT2D eigenvalue weighted by molar-refractivity contribution is 0.0673. The van der Waals surface area contributed by atoms with Crippen molar-refractivity contribution >= 4 is 0 Å². The number of nitrogens with two attached hydrogens (primary N) is 1. The predicted molar refractivity (Wildman–Crippen MR) is 64.8 cm³/mol. The van der Waals surface area contributed by atoms with E-state index in [-0.39, 0.29) is 0 Å². The van der Waals surface area contributed by atoms with E-state index in [4.69, 9.17) is 5.73 Å². The summed E-state index contributed by atoms with van der Waals surface area (Å²) in [4.78, 5) is 2.60. The van der Waals surface area contributed by atoms with Gasteiger partial charge in [0.1, 0.15) is 0 Å². The lowest BCUT2D eigenvalue weighted by Crippen LogP contribution is -2.51. The second-order valence-electron chi connectivity index (χ2n) is 5.45. The Hall–Kier alpha value is -0.0800. The van der Waals surface area contributed by atoms with Crippen LogP contribution in [0.4, 0.5) is 0 Å². The molecule has 0 aromatic heterocycles. The summed E-state index contributed by atoms with van der Waals surface area (Å²) in [6.07, 6.45) is 11.4. The zero-order chi connectivity index (χ0) is 10.7. The van der Waals surface area contributed by atoms with Crippen LogP contribution in [0.3, 0.4) is 0 Å². The third kappa shape index (κ3) is 2.54. The summed E-state index contributed by atoms with van der Waals surface area (Å²) in [5, 5.41) is 0. The van der Waals surface area contributed by atoms with Gasteiger partial charge in [-0.15, -0.1) is 0 Å². The molecule has 1 unspecified atom stereocenters. The number of rotatable bonds is 4. The van der Waals surface area contributed by atoms with Gasteiger partial charge in [-0.2, -0.15) is 0 Å². The van der Waals surface area contributed by atoms with E-state index in [1.165, 1.54) is 51.4 Å². The van der Waals surface area contributed by atoms with Crippen molar-refractivity contribution in [1.29, 1.82) is 0 Å². The summed E-state index contributed by atoms with van der Waals surface area (Å²) in [5.41, 5.74) is 5.98. The van der Waals surface area contributed by atoms with Crippen LogP contribution in [0.1, 0.15) is 51.4 Å². The monoisotopic (exact) mass is 210 g/mol. The fourth-order valence-corrected chi connectivity index (χ4v) is 3.27. The SMILES string of the molecule is CN(C1CCC1)C(CN)C1CCCCC1. The molecule has 0 bridgehead atoms. The molecule has 0 aromatic rings. The molecule has 0 heterocycles. The van der Waals surface area contributed by atoms with E-state index in [9.17, 15) is 0 Å². The van der Waals surface area contributed by atoms with E-state index >= 15 is 0 Å². The molecular formula is C13H26N2. The maximum absolute atomic E-state index is 5.98. The van der Waals surface area contributed by atoms with Crippen molar-refractivity contribution in [3.05, 3.63) is 0 Å². The summed E-state index contributed by atoms with van der Waals surface area (Å²) in [5.74, 6) is 0.884. The third-order valence-corrected chi connectivity index (χ3v) is 4.61. The molecule has 2 aliphatic rings. The zero-order valence-electron chi connectivity index (χ0n) is 10.1. The first-order valence-electron chi connectivity index (χ1n) is 6.75. The lowest BCUT2D eigenvalue weighted by atomic mass is 9.81. The first-order chi connectivity index (χ1) is 7.33. The first-order valence-corrected chi connectivity index (χ1v) is 6.75. The maximum atomic E-state index is 5.98. The molecule has 2 saturated carbocycles. The van der Waals surface area contributed by atoms with Gasteiger partial charge in [-0.05, 0) is 38.6 Å². The van der Waals surface area contributed by atoms with Crippen LogP contribution < -0.4 is 5.73 Å². The molecule has 2 fully saturated rings. The van der Waals surface area contributed by atoms with Gasteiger partial charge in [-0.1, -0.05) is 25.7 Å². The Morgan fingerprint density at radius 1 is 1.07 bits per heavy atom. The number of hydrogen-bond acceptors (Lipinski definition) is 2. The van der Waals surface area contributed by atoms with Crippen molar-refractivity contribution in [2.24, 2.45) is 11.7 Å². The van der Waals surface area contributed by atoms with Gasteiger partial charge in [-0.25, -0.2) is 0 Å². The van der Waals surface area contributed by atoms with Crippen molar-refractivity contribution < 1.29 is 0 Å². The number of hydrogen-bond donors (Lipinski definition) is 1. The number of nitrogens with zero attached hydrogens (tertiary/aromatic N) is 1. The van der Waals surface area contributed by atoms with Gasteiger partial charge in [0.05, 0.1) is 0 Å². The Kier molecular flexibility index (Phi) is 4.04. The van der Waals surface area contributed by atoms with Gasteiger partial charge in [-0.3, -0.25) is 4.90 Å². The highest BCUT2D eigenvalue weighted by Crippen LogP contribution is 2.32. The molecule has 2 heteroatoms. The topological polar surface area (TPSA) is 29.3 Å². The van der Waals surface area contributed by atoms with Crippen LogP contribution in [0, 0.1) is 5.92 Å². The third-order valence-electron chi connectivity index (χ3n) is 4.61. The van der Waals surface area contributed by atoms with Crippen LogP contribution in [0.2, 0.25) is 0 Å². The van der Waals surface area contributed by atoms with E-state index in [0.717, 1.165) is 18.5 Å². The highest BCUT2D eigenvalue weighted by Gasteiger charge is 2.31. The van der Waals surface area contributed by atoms with Crippen molar-refractivity contribution in [1.82, 2.24) is 4.90 Å². The second-order valence-corrected chi connectivity index (χ2v) is 5.45. The van der Waals surface area contributed by atoms with Gasteiger partial charge in [0, 0.05) is 18.6 Å². The van der Waals surface area contributed by atoms with Crippen molar-refractivity contribution in [3.8, 4) is 0 Å². The molecule has 0 saturated heterocycles. The van der Waals surface area contributed by atoms with Gasteiger partial charge in [0.25, 0.3) is 0 Å². The summed E-state index contributed by atoms with van der Waals surface area (Å²) in [7, 11) is 2.30. The van der Waals surface area contributed by atoms with Crippen LogP contribution >= 0.6 is 0 Å². The van der Waals surface area contributed by atoms with Crippen molar-refractivity contribution in [2.45, 2.75) is 63.5 Å². The standard InChI is InChI=1S/C13H26N2/c1-15(12-8-5-9-12)13(10-14)11-6-3-2-4-7-11/h11-13H,2-10,14H2,1H3. The molecule has 2 N–H and O–H groups in total. The summed E-state index contributed by atoms with van der Waals surface area (Å²) < 4.78 is 0. The Bertz CT molecular complexity index is 181. The van der Waals surface area contributed by atoms with Crippen LogP contribution in [0.15, 0.2) is 0 Å². The van der Waals surface area contributed by atoms with Crippen LogP contribution in [-0.2, 0) is 0 Å². The number of likely N-dealkylation sites (N-methyl/N-ethyl adjacent to an activating group) is 1. The average Bonchev–Trinajstić information content (AvgIpc) is 2.18. The highest BCUT2D eigenvalue weighted by molar-refractivity contribution is 4.87. The Morgan fingerprint density at radius 2 is 1.73 bits per heavy atom. The molecular weight excluding hydrogens is 184 g/mol. The molecule has 0 aromatic carbocycles. The first kappa shape index (κ1) is 11.4. The van der Waals surface area contributed by atoms with E-state index in [1.807, 2.05) is 0 Å². The molecule has 1 atom stereocenters. The average molecular weight is 210 g/mol. The fraction of sp³-hybridized carbons (Fsp3) is 1.00. The van der Waals surface area contributed by atoms with Crippen LogP contribution in [-0.4, -0.2) is 30.6 Å². The van der Waals surface area contributed by atoms with Crippen molar-refractivity contribution in [2.75, 3.05) is 13.6 Å². The molecule has 15 heavy (non-hydrogen) atoms. The molecule has 0 spiro atoms. The predicted octanol–water partition coefficient (Wildman–Crippen LogP) is 2.38. The summed E-state index contributed by atoms with van der Waals surface area (Å²) in [6.45, 7) is 0.859. The minimum absolute atomic E-state index is 0.663. The van der Waals surface area contributed by atoms with Gasteiger partial charge in [0.15, 0.2) is 0 Å². The highest BCUT2D eigenvalue weighted by atomic mass is 15.2. The molecule has 0 amide bonds. The quantitative estimate of drug-likeness (QED) is 0.772. The van der Waals surface area contributed by atoms with Gasteiger partial charge in [0.2, 0.25) is 0 Å². The molecule has 88 valence electrons. The van der Waals surface area contributed by atoms with Gasteiger partial charge >= 0.3 is 0 Å². The van der Waals surface area contributed by atoms with Crippen molar-refractivity contribution in [3.63, 3.8) is 0 Å². The maximum Gasteiger partial charge on any atom is 0.0246 e. The Morgan fingerprint density at radius 3 is 2.20 bits per heavy atom. The Labute approximate surface area is 94.2 Å². The lowest BCUT2D eigenvalue weighted by Gasteiger charge is -2.43. The molecule has 2 rings (SSSR count). The molecule has 0 aliphatic heterocycles. The van der Waals surface area contributed by atoms with E-state index in [0.29, 0.717) is 6.04 Å². The fourth-order valence-electron chi connectivity index (χ4n) is 3.27. The molecule has 2 nitrogen and oxygen atoms in total. The Balaban J connectivity index is 1.88. The zero-order valence-corrected chi connectivity index (χ0v) is 10.1. The van der Waals surface area contributed by atoms with Crippen LogP contribution in [0.25, 0.3) is 0 Å². The second kappa shape index (κ2) is 5.31. The minimum Gasteiger partial charge on any atom is -0.329 e. The van der Waals surface area contributed by atoms with E-state index in [1.54, 1.807) is 0 Å². The van der Waals surface area contributed by atoms with Crippen LogP contribution in [0.5, 0.6) is 0 Å². The molecule has 2 aliphatic carbocycles. The minimum atomic E-state index is 0.663. The summed E-state index contributed by atoms with van der Waals surface area (Å²) >= 11 is 0. The summed E-state index contributed by atoms with van der Waals surface area (Å²) in [6, 6.07) is 1.51. The van der Waals surface area contributed by atoms with E-state index in [2.05, 4.69) is 11.9 Å². The smallest absolute Gasteiger partial charge is 0.0246 e. The molecule has 0 radical (unpaired) electrons. The normalized spacial score (nSPS) is 26.6. The van der Waals surface area contributed by atoms with E-state index < -0.39 is 0 Å². The van der Waals surface area contributed by atoms with Gasteiger partial charge < -0.3 is 5.73 Å².